The maximum atomic E-state index is 13.6. The van der Waals surface area contributed by atoms with E-state index < -0.39 is 0 Å². The molecule has 0 saturated carbocycles. The Morgan fingerprint density at radius 2 is 1.74 bits per heavy atom. The van der Waals surface area contributed by atoms with Crippen LogP contribution in [0.15, 0.2) is 73.1 Å². The van der Waals surface area contributed by atoms with Crippen molar-refractivity contribution in [3.63, 3.8) is 0 Å². The van der Waals surface area contributed by atoms with Crippen LogP contribution in [0, 0.1) is 5.92 Å². The van der Waals surface area contributed by atoms with E-state index in [1.165, 1.54) is 0 Å². The summed E-state index contributed by atoms with van der Waals surface area (Å²) >= 11 is 0. The number of aromatic nitrogens is 1. The van der Waals surface area contributed by atoms with Crippen molar-refractivity contribution >= 4 is 22.8 Å². The standard InChI is InChI=1S/C29H28N2O3/c1-20(32)31-15-11-21(12-16-31)13-17-34-24-9-10-25-26(18-24)29(33)28(23-8-5-14-30-19-23)27(25)22-6-3-2-4-7-22/h2-10,14,18-19,21H,11-13,15-17H2,1H3. The number of ketones is 1. The molecule has 1 aliphatic carbocycles. The second-order valence-electron chi connectivity index (χ2n) is 8.98. The second-order valence-corrected chi connectivity index (χ2v) is 8.98. The number of likely N-dealkylation sites (tertiary alicyclic amines) is 1. The quantitative estimate of drug-likeness (QED) is 0.512. The number of rotatable bonds is 6. The number of hydrogen-bond donors (Lipinski definition) is 0. The van der Waals surface area contributed by atoms with Gasteiger partial charge in [0.25, 0.3) is 0 Å². The van der Waals surface area contributed by atoms with Crippen LogP contribution in [-0.2, 0) is 4.79 Å². The Morgan fingerprint density at radius 3 is 2.44 bits per heavy atom. The van der Waals surface area contributed by atoms with Gasteiger partial charge < -0.3 is 9.64 Å². The van der Waals surface area contributed by atoms with Gasteiger partial charge in [-0.2, -0.15) is 0 Å². The van der Waals surface area contributed by atoms with Crippen molar-refractivity contribution in [1.29, 1.82) is 0 Å². The van der Waals surface area contributed by atoms with Crippen molar-refractivity contribution in [2.45, 2.75) is 26.2 Å². The van der Waals surface area contributed by atoms with Crippen molar-refractivity contribution in [3.8, 4) is 5.75 Å². The molecule has 5 heteroatoms. The number of pyridine rings is 1. The minimum Gasteiger partial charge on any atom is -0.494 e. The lowest BCUT2D eigenvalue weighted by Gasteiger charge is -2.31. The van der Waals surface area contributed by atoms with Crippen molar-refractivity contribution < 1.29 is 14.3 Å². The maximum Gasteiger partial charge on any atom is 0.219 e. The Morgan fingerprint density at radius 1 is 0.971 bits per heavy atom. The lowest BCUT2D eigenvalue weighted by molar-refractivity contribution is -0.130. The molecule has 2 heterocycles. The molecule has 0 N–H and O–H groups in total. The van der Waals surface area contributed by atoms with Crippen LogP contribution in [0.1, 0.15) is 53.2 Å². The summed E-state index contributed by atoms with van der Waals surface area (Å²) in [4.78, 5) is 31.2. The average Bonchev–Trinajstić information content (AvgIpc) is 3.17. The van der Waals surface area contributed by atoms with Gasteiger partial charge in [-0.05, 0) is 60.6 Å². The van der Waals surface area contributed by atoms with Crippen LogP contribution in [0.2, 0.25) is 0 Å². The first-order valence-corrected chi connectivity index (χ1v) is 11.9. The van der Waals surface area contributed by atoms with Crippen LogP contribution in [0.4, 0.5) is 0 Å². The van der Waals surface area contributed by atoms with E-state index >= 15 is 0 Å². The molecule has 0 bridgehead atoms. The van der Waals surface area contributed by atoms with Gasteiger partial charge in [0.05, 0.1) is 6.61 Å². The molecule has 34 heavy (non-hydrogen) atoms. The fraction of sp³-hybridized carbons (Fsp3) is 0.276. The molecule has 0 radical (unpaired) electrons. The Balaban J connectivity index is 1.34. The topological polar surface area (TPSA) is 59.5 Å². The number of fused-ring (bicyclic) bond motifs is 1. The minimum absolute atomic E-state index is 0.00362. The van der Waals surface area contributed by atoms with E-state index in [1.54, 1.807) is 19.3 Å². The molecule has 0 atom stereocenters. The summed E-state index contributed by atoms with van der Waals surface area (Å²) in [6.07, 6.45) is 6.45. The summed E-state index contributed by atoms with van der Waals surface area (Å²) in [6.45, 7) is 3.90. The van der Waals surface area contributed by atoms with Crippen molar-refractivity contribution in [1.82, 2.24) is 9.88 Å². The molecular weight excluding hydrogens is 424 g/mol. The zero-order valence-electron chi connectivity index (χ0n) is 19.4. The summed E-state index contributed by atoms with van der Waals surface area (Å²) in [5.41, 5.74) is 5.06. The van der Waals surface area contributed by atoms with Gasteiger partial charge in [-0.3, -0.25) is 14.6 Å². The van der Waals surface area contributed by atoms with Crippen molar-refractivity contribution in [2.75, 3.05) is 19.7 Å². The Kier molecular flexibility index (Phi) is 6.26. The molecule has 1 amide bonds. The van der Waals surface area contributed by atoms with Crippen molar-refractivity contribution in [3.05, 3.63) is 95.3 Å². The van der Waals surface area contributed by atoms with E-state index in [-0.39, 0.29) is 11.7 Å². The summed E-state index contributed by atoms with van der Waals surface area (Å²) < 4.78 is 6.07. The molecule has 2 aromatic carbocycles. The Bertz CT molecular complexity index is 1230. The summed E-state index contributed by atoms with van der Waals surface area (Å²) in [5, 5.41) is 0. The van der Waals surface area contributed by atoms with Crippen LogP contribution >= 0.6 is 0 Å². The summed E-state index contributed by atoms with van der Waals surface area (Å²) in [5.74, 6) is 1.44. The first-order valence-electron chi connectivity index (χ1n) is 11.9. The smallest absolute Gasteiger partial charge is 0.219 e. The number of allylic oxidation sites excluding steroid dienone is 1. The number of nitrogens with zero attached hydrogens (tertiary/aromatic N) is 2. The van der Waals surface area contributed by atoms with Gasteiger partial charge in [-0.25, -0.2) is 0 Å². The van der Waals surface area contributed by atoms with Crippen LogP contribution < -0.4 is 4.74 Å². The van der Waals surface area contributed by atoms with E-state index in [9.17, 15) is 9.59 Å². The molecule has 0 spiro atoms. The Labute approximate surface area is 200 Å². The first kappa shape index (κ1) is 22.1. The number of amides is 1. The number of carbonyl (C=O) groups is 2. The third-order valence-corrected chi connectivity index (χ3v) is 6.85. The molecular formula is C29H28N2O3. The second kappa shape index (κ2) is 9.64. The van der Waals surface area contributed by atoms with E-state index in [2.05, 4.69) is 4.98 Å². The molecule has 2 aliphatic rings. The zero-order valence-corrected chi connectivity index (χ0v) is 19.4. The third kappa shape index (κ3) is 4.38. The van der Waals surface area contributed by atoms with Gasteiger partial charge in [0, 0.05) is 54.7 Å². The molecule has 5 nitrogen and oxygen atoms in total. The van der Waals surface area contributed by atoms with E-state index in [1.807, 2.05) is 65.6 Å². The van der Waals surface area contributed by atoms with Crippen LogP contribution in [0.3, 0.4) is 0 Å². The molecule has 1 aliphatic heterocycles. The predicted octanol–water partition coefficient (Wildman–Crippen LogP) is 5.26. The molecule has 1 fully saturated rings. The molecule has 5 rings (SSSR count). The number of ether oxygens (including phenoxy) is 1. The largest absolute Gasteiger partial charge is 0.494 e. The highest BCUT2D eigenvalue weighted by atomic mass is 16.5. The molecule has 1 aromatic heterocycles. The first-order chi connectivity index (χ1) is 16.6. The summed E-state index contributed by atoms with van der Waals surface area (Å²) in [7, 11) is 0. The Hall–Kier alpha value is -3.73. The highest BCUT2D eigenvalue weighted by molar-refractivity contribution is 6.41. The van der Waals surface area contributed by atoms with Crippen LogP contribution in [0.5, 0.6) is 5.75 Å². The number of carbonyl (C=O) groups excluding carboxylic acids is 2. The number of benzene rings is 2. The highest BCUT2D eigenvalue weighted by Crippen LogP contribution is 2.43. The van der Waals surface area contributed by atoms with Crippen LogP contribution in [-0.4, -0.2) is 41.3 Å². The maximum absolute atomic E-state index is 13.6. The van der Waals surface area contributed by atoms with E-state index in [4.69, 9.17) is 4.74 Å². The number of Topliss-reactive ketones (excluding diaryl/α,β-unsaturated/α-hetero) is 1. The fourth-order valence-corrected chi connectivity index (χ4v) is 4.97. The number of hydrogen-bond acceptors (Lipinski definition) is 4. The highest BCUT2D eigenvalue weighted by Gasteiger charge is 2.32. The van der Waals surface area contributed by atoms with E-state index in [0.29, 0.717) is 29.4 Å². The monoisotopic (exact) mass is 452 g/mol. The van der Waals surface area contributed by atoms with E-state index in [0.717, 1.165) is 54.6 Å². The normalized spacial score (nSPS) is 16.0. The molecule has 1 saturated heterocycles. The van der Waals surface area contributed by atoms with Crippen molar-refractivity contribution in [2.24, 2.45) is 5.92 Å². The molecule has 172 valence electrons. The lowest BCUT2D eigenvalue weighted by Crippen LogP contribution is -2.37. The fourth-order valence-electron chi connectivity index (χ4n) is 4.97. The van der Waals surface area contributed by atoms with Gasteiger partial charge in [0.15, 0.2) is 5.78 Å². The van der Waals surface area contributed by atoms with Gasteiger partial charge in [-0.15, -0.1) is 0 Å². The van der Waals surface area contributed by atoms with Gasteiger partial charge in [0.1, 0.15) is 5.75 Å². The van der Waals surface area contributed by atoms with Gasteiger partial charge in [-0.1, -0.05) is 36.4 Å². The van der Waals surface area contributed by atoms with Gasteiger partial charge in [0.2, 0.25) is 5.91 Å². The number of piperidine rings is 1. The SMILES string of the molecule is CC(=O)N1CCC(CCOc2ccc3c(c2)C(=O)C(c2cccnc2)=C3c2ccccc2)CC1. The lowest BCUT2D eigenvalue weighted by atomic mass is 9.94. The minimum atomic E-state index is 0.00362. The van der Waals surface area contributed by atoms with Crippen LogP contribution in [0.25, 0.3) is 11.1 Å². The van der Waals surface area contributed by atoms with Gasteiger partial charge >= 0.3 is 0 Å². The zero-order chi connectivity index (χ0) is 23.5. The average molecular weight is 453 g/mol. The predicted molar refractivity (Wildman–Crippen MR) is 132 cm³/mol. The third-order valence-electron chi connectivity index (χ3n) is 6.85. The summed E-state index contributed by atoms with van der Waals surface area (Å²) in [6, 6.07) is 19.7. The molecule has 0 unspecified atom stereocenters. The molecule has 3 aromatic rings.